The van der Waals surface area contributed by atoms with Gasteiger partial charge in [0.1, 0.15) is 10.3 Å². The first-order chi connectivity index (χ1) is 9.47. The molecule has 0 atom stereocenters. The Balaban J connectivity index is 0.000000200. The van der Waals surface area contributed by atoms with Crippen molar-refractivity contribution in [3.8, 4) is 0 Å². The van der Waals surface area contributed by atoms with Gasteiger partial charge in [0.05, 0.1) is 12.2 Å². The van der Waals surface area contributed by atoms with E-state index in [2.05, 4.69) is 41.8 Å². The second-order valence-electron chi connectivity index (χ2n) is 3.41. The summed E-state index contributed by atoms with van der Waals surface area (Å²) in [6.45, 7) is -0.0781. The number of carbonyl (C=O) groups excluding carboxylic acids is 1. The summed E-state index contributed by atoms with van der Waals surface area (Å²) in [5.74, 6) is 0. The number of halogens is 4. The average Bonchev–Trinajstić information content (AvgIpc) is 2.44. The van der Waals surface area contributed by atoms with Gasteiger partial charge in [0.15, 0.2) is 6.29 Å². The number of aliphatic hydroxyl groups is 1. The Bertz CT molecular complexity index is 612. The summed E-state index contributed by atoms with van der Waals surface area (Å²) in [5, 5.41) is 9.28. The SMILES string of the molecule is O=Cc1cc(Br)cnc1Cl.OCc1cc(Br)cnc1Cl. The molecule has 1 N–H and O–H groups in total. The largest absolute Gasteiger partial charge is 0.392 e. The van der Waals surface area contributed by atoms with Crippen molar-refractivity contribution in [1.29, 1.82) is 0 Å². The molecule has 2 rings (SSSR count). The molecule has 2 aromatic heterocycles. The van der Waals surface area contributed by atoms with Crippen LogP contribution in [0.4, 0.5) is 0 Å². The summed E-state index contributed by atoms with van der Waals surface area (Å²) in [4.78, 5) is 17.8. The summed E-state index contributed by atoms with van der Waals surface area (Å²) in [5.41, 5.74) is 1.03. The van der Waals surface area contributed by atoms with Crippen LogP contribution in [0, 0.1) is 0 Å². The van der Waals surface area contributed by atoms with E-state index in [1.54, 1.807) is 18.3 Å². The average molecular weight is 443 g/mol. The molecule has 0 fully saturated rings. The molecule has 20 heavy (non-hydrogen) atoms. The number of aldehydes is 1. The van der Waals surface area contributed by atoms with Crippen molar-refractivity contribution in [3.05, 3.63) is 54.9 Å². The minimum absolute atomic E-state index is 0.0781. The molecule has 106 valence electrons. The third-order valence-electron chi connectivity index (χ3n) is 2.01. The second kappa shape index (κ2) is 8.69. The van der Waals surface area contributed by atoms with Crippen molar-refractivity contribution < 1.29 is 9.90 Å². The summed E-state index contributed by atoms with van der Waals surface area (Å²) < 4.78 is 1.57. The van der Waals surface area contributed by atoms with E-state index in [4.69, 9.17) is 28.3 Å². The van der Waals surface area contributed by atoms with Gasteiger partial charge in [-0.05, 0) is 44.0 Å². The van der Waals surface area contributed by atoms with Gasteiger partial charge >= 0.3 is 0 Å². The highest BCUT2D eigenvalue weighted by atomic mass is 79.9. The summed E-state index contributed by atoms with van der Waals surface area (Å²) in [6, 6.07) is 3.34. The van der Waals surface area contributed by atoms with Crippen molar-refractivity contribution in [1.82, 2.24) is 9.97 Å². The molecule has 4 nitrogen and oxygen atoms in total. The standard InChI is InChI=1S/C6H5BrClNO.C6H3BrClNO/c2*7-5-1-4(3-10)6(8)9-2-5/h1-2,10H,3H2;1-3H. The molecule has 0 radical (unpaired) electrons. The Hall–Kier alpha value is -0.530. The molecule has 2 heterocycles. The lowest BCUT2D eigenvalue weighted by atomic mass is 10.3. The number of carbonyl (C=O) groups is 1. The molecular formula is C12H8Br2Cl2N2O2. The maximum Gasteiger partial charge on any atom is 0.153 e. The van der Waals surface area contributed by atoms with Crippen molar-refractivity contribution >= 4 is 61.3 Å². The zero-order valence-electron chi connectivity index (χ0n) is 9.86. The minimum Gasteiger partial charge on any atom is -0.392 e. The fourth-order valence-electron chi connectivity index (χ4n) is 1.10. The molecule has 0 aliphatic carbocycles. The van der Waals surface area contributed by atoms with Crippen LogP contribution in [0.5, 0.6) is 0 Å². The third kappa shape index (κ3) is 5.46. The van der Waals surface area contributed by atoms with Gasteiger partial charge in [-0.3, -0.25) is 4.79 Å². The topological polar surface area (TPSA) is 63.1 Å². The zero-order valence-corrected chi connectivity index (χ0v) is 14.5. The molecule has 0 unspecified atom stereocenters. The highest BCUT2D eigenvalue weighted by molar-refractivity contribution is 9.10. The fraction of sp³-hybridized carbons (Fsp3) is 0.0833. The summed E-state index contributed by atoms with van der Waals surface area (Å²) >= 11 is 17.5. The predicted octanol–water partition coefficient (Wildman–Crippen LogP) is 4.30. The van der Waals surface area contributed by atoms with Crippen LogP contribution in [-0.2, 0) is 6.61 Å². The van der Waals surface area contributed by atoms with Crippen molar-refractivity contribution in [2.75, 3.05) is 0 Å². The van der Waals surface area contributed by atoms with Crippen LogP contribution in [-0.4, -0.2) is 21.4 Å². The highest BCUT2D eigenvalue weighted by Gasteiger charge is 1.99. The van der Waals surface area contributed by atoms with Gasteiger partial charge in [-0.25, -0.2) is 9.97 Å². The van der Waals surface area contributed by atoms with Gasteiger partial charge in [0.25, 0.3) is 0 Å². The van der Waals surface area contributed by atoms with E-state index in [-0.39, 0.29) is 11.8 Å². The number of hydrogen-bond donors (Lipinski definition) is 1. The van der Waals surface area contributed by atoms with Gasteiger partial charge in [0.2, 0.25) is 0 Å². The molecule has 0 bridgehead atoms. The molecule has 0 saturated carbocycles. The molecule has 0 aromatic carbocycles. The molecular weight excluding hydrogens is 435 g/mol. The number of aromatic nitrogens is 2. The van der Waals surface area contributed by atoms with E-state index in [0.717, 1.165) is 8.95 Å². The number of pyridine rings is 2. The van der Waals surface area contributed by atoms with Crippen molar-refractivity contribution in [2.45, 2.75) is 6.61 Å². The molecule has 2 aromatic rings. The van der Waals surface area contributed by atoms with Gasteiger partial charge < -0.3 is 5.11 Å². The maximum atomic E-state index is 10.2. The molecule has 0 aliphatic rings. The first kappa shape index (κ1) is 17.5. The lowest BCUT2D eigenvalue weighted by molar-refractivity contribution is 0.112. The molecule has 0 saturated heterocycles. The van der Waals surface area contributed by atoms with Crippen molar-refractivity contribution in [3.63, 3.8) is 0 Å². The second-order valence-corrected chi connectivity index (χ2v) is 5.96. The number of aliphatic hydroxyl groups excluding tert-OH is 1. The van der Waals surface area contributed by atoms with Crippen LogP contribution in [0.15, 0.2) is 33.5 Å². The quantitative estimate of drug-likeness (QED) is 0.556. The Labute approximate surface area is 142 Å². The number of hydrogen-bond acceptors (Lipinski definition) is 4. The minimum atomic E-state index is -0.0781. The van der Waals surface area contributed by atoms with Crippen LogP contribution in [0.3, 0.4) is 0 Å². The van der Waals surface area contributed by atoms with E-state index >= 15 is 0 Å². The molecule has 0 spiro atoms. The molecule has 0 amide bonds. The van der Waals surface area contributed by atoms with Crippen molar-refractivity contribution in [2.24, 2.45) is 0 Å². The first-order valence-corrected chi connectivity index (χ1v) is 7.49. The Morgan fingerprint density at radius 3 is 2.10 bits per heavy atom. The van der Waals surface area contributed by atoms with Gasteiger partial charge in [-0.15, -0.1) is 0 Å². The van der Waals surface area contributed by atoms with Crippen LogP contribution in [0.25, 0.3) is 0 Å². The van der Waals surface area contributed by atoms with Crippen LogP contribution >= 0.6 is 55.1 Å². The van der Waals surface area contributed by atoms with Crippen LogP contribution < -0.4 is 0 Å². The van der Waals surface area contributed by atoms with Gasteiger partial charge in [0, 0.05) is 26.9 Å². The van der Waals surface area contributed by atoms with E-state index < -0.39 is 0 Å². The van der Waals surface area contributed by atoms with Gasteiger partial charge in [-0.2, -0.15) is 0 Å². The van der Waals surface area contributed by atoms with Crippen LogP contribution in [0.1, 0.15) is 15.9 Å². The lowest BCUT2D eigenvalue weighted by Gasteiger charge is -1.97. The molecule has 8 heteroatoms. The highest BCUT2D eigenvalue weighted by Crippen LogP contribution is 2.17. The van der Waals surface area contributed by atoms with E-state index in [9.17, 15) is 4.79 Å². The smallest absolute Gasteiger partial charge is 0.153 e. The van der Waals surface area contributed by atoms with Crippen LogP contribution in [0.2, 0.25) is 10.3 Å². The number of nitrogens with zero attached hydrogens (tertiary/aromatic N) is 2. The first-order valence-electron chi connectivity index (χ1n) is 5.15. The van der Waals surface area contributed by atoms with E-state index in [0.29, 0.717) is 22.6 Å². The molecule has 0 aliphatic heterocycles. The van der Waals surface area contributed by atoms with Gasteiger partial charge in [-0.1, -0.05) is 23.2 Å². The lowest BCUT2D eigenvalue weighted by Crippen LogP contribution is -1.87. The third-order valence-corrected chi connectivity index (χ3v) is 3.53. The Morgan fingerprint density at radius 2 is 1.65 bits per heavy atom. The Kier molecular flexibility index (Phi) is 7.61. The normalized spacial score (nSPS) is 9.65. The monoisotopic (exact) mass is 440 g/mol. The predicted molar refractivity (Wildman–Crippen MR) is 85.2 cm³/mol. The fourth-order valence-corrected chi connectivity index (χ4v) is 2.13. The van der Waals surface area contributed by atoms with E-state index in [1.807, 2.05) is 0 Å². The van der Waals surface area contributed by atoms with E-state index in [1.165, 1.54) is 6.20 Å². The zero-order chi connectivity index (χ0) is 15.1. The maximum absolute atomic E-state index is 10.2. The summed E-state index contributed by atoms with van der Waals surface area (Å²) in [7, 11) is 0. The summed E-state index contributed by atoms with van der Waals surface area (Å²) in [6.07, 6.45) is 3.79. The Morgan fingerprint density at radius 1 is 1.10 bits per heavy atom. The number of rotatable bonds is 2.